The van der Waals surface area contributed by atoms with Gasteiger partial charge in [0.1, 0.15) is 0 Å². The van der Waals surface area contributed by atoms with Gasteiger partial charge < -0.3 is 4.90 Å². The average molecular weight is 466 g/mol. The Morgan fingerprint density at radius 3 is 2.34 bits per heavy atom. The Bertz CT molecular complexity index is 1020. The van der Waals surface area contributed by atoms with Gasteiger partial charge in [-0.3, -0.25) is 14.3 Å². The minimum Gasteiger partial charge on any atom is -0.343 e. The van der Waals surface area contributed by atoms with E-state index in [2.05, 4.69) is 13.8 Å². The zero-order chi connectivity index (χ0) is 23.4. The third-order valence-electron chi connectivity index (χ3n) is 7.13. The molecule has 1 atom stereocenters. The molecule has 3 heterocycles. The van der Waals surface area contributed by atoms with Crippen molar-refractivity contribution in [2.45, 2.75) is 71.4 Å². The lowest BCUT2D eigenvalue weighted by molar-refractivity contribution is -0.130. The lowest BCUT2D eigenvalue weighted by Gasteiger charge is -2.34. The van der Waals surface area contributed by atoms with Crippen LogP contribution in [-0.4, -0.2) is 77.1 Å². The molecule has 1 aromatic rings. The van der Waals surface area contributed by atoms with Gasteiger partial charge in [-0.2, -0.15) is 22.1 Å². The standard InChI is InChI=1S/C22H35N5O4S/c1-15(28)25-11-8-16(9-12-25)27-18-13-22(2,3)14-19(29)20(18)21(23-27)17-7-6-10-26(17)32(30,31)24(4)5/h16-17H,6-14H2,1-5H3/t17-/m0/s1. The van der Waals surface area contributed by atoms with E-state index in [4.69, 9.17) is 5.10 Å². The van der Waals surface area contributed by atoms with Crippen LogP contribution in [0.5, 0.6) is 0 Å². The molecular formula is C22H35N5O4S. The van der Waals surface area contributed by atoms with Crippen LogP contribution in [0, 0.1) is 5.41 Å². The number of carbonyl (C=O) groups is 2. The maximum absolute atomic E-state index is 13.3. The number of amides is 1. The number of rotatable bonds is 4. The molecular weight excluding hydrogens is 430 g/mol. The van der Waals surface area contributed by atoms with E-state index in [0.29, 0.717) is 43.7 Å². The van der Waals surface area contributed by atoms with Crippen molar-refractivity contribution in [2.24, 2.45) is 5.41 Å². The summed E-state index contributed by atoms with van der Waals surface area (Å²) in [5.74, 6) is 0.145. The van der Waals surface area contributed by atoms with Gasteiger partial charge in [0.2, 0.25) is 5.91 Å². The number of nitrogens with zero attached hydrogens (tertiary/aromatic N) is 5. The van der Waals surface area contributed by atoms with Crippen LogP contribution in [0.1, 0.15) is 86.7 Å². The van der Waals surface area contributed by atoms with E-state index in [1.807, 2.05) is 9.58 Å². The van der Waals surface area contributed by atoms with E-state index in [1.165, 1.54) is 22.7 Å². The van der Waals surface area contributed by atoms with Gasteiger partial charge in [0, 0.05) is 47.1 Å². The second-order valence-electron chi connectivity index (χ2n) is 10.4. The zero-order valence-electron chi connectivity index (χ0n) is 19.8. The lowest BCUT2D eigenvalue weighted by Crippen LogP contribution is -2.40. The fraction of sp³-hybridized carbons (Fsp3) is 0.773. The molecule has 0 bridgehead atoms. The van der Waals surface area contributed by atoms with Crippen LogP contribution in [0.25, 0.3) is 0 Å². The minimum absolute atomic E-state index is 0.0628. The van der Waals surface area contributed by atoms with E-state index in [1.54, 1.807) is 6.92 Å². The Kier molecular flexibility index (Phi) is 6.00. The van der Waals surface area contributed by atoms with E-state index in [-0.39, 0.29) is 23.1 Å². The SMILES string of the molecule is CC(=O)N1CCC(n2nc([C@@H]3CCCN3S(=O)(=O)N(C)C)c3c2CC(C)(C)CC3=O)CC1. The van der Waals surface area contributed by atoms with Gasteiger partial charge in [0.25, 0.3) is 10.2 Å². The quantitative estimate of drug-likeness (QED) is 0.679. The predicted octanol–water partition coefficient (Wildman–Crippen LogP) is 2.16. The van der Waals surface area contributed by atoms with Crippen molar-refractivity contribution in [1.29, 1.82) is 0 Å². The number of piperidine rings is 1. The van der Waals surface area contributed by atoms with Crippen LogP contribution < -0.4 is 0 Å². The number of likely N-dealkylation sites (tertiary alicyclic amines) is 1. The first kappa shape index (κ1) is 23.4. The van der Waals surface area contributed by atoms with Crippen molar-refractivity contribution >= 4 is 21.9 Å². The predicted molar refractivity (Wildman–Crippen MR) is 120 cm³/mol. The first-order valence-corrected chi connectivity index (χ1v) is 12.9. The monoisotopic (exact) mass is 465 g/mol. The third-order valence-corrected chi connectivity index (χ3v) is 9.09. The summed E-state index contributed by atoms with van der Waals surface area (Å²) < 4.78 is 30.7. The highest BCUT2D eigenvalue weighted by Crippen LogP contribution is 2.43. The molecule has 2 fully saturated rings. The summed E-state index contributed by atoms with van der Waals surface area (Å²) in [7, 11) is -0.537. The molecule has 4 rings (SSSR count). The molecule has 10 heteroatoms. The van der Waals surface area contributed by atoms with Crippen LogP contribution in [0.15, 0.2) is 0 Å². The average Bonchev–Trinajstić information content (AvgIpc) is 3.32. The first-order chi connectivity index (χ1) is 14.9. The van der Waals surface area contributed by atoms with Crippen LogP contribution >= 0.6 is 0 Å². The third kappa shape index (κ3) is 4.01. The molecule has 1 aliphatic carbocycles. The van der Waals surface area contributed by atoms with Crippen LogP contribution in [0.3, 0.4) is 0 Å². The largest absolute Gasteiger partial charge is 0.343 e. The molecule has 0 aromatic carbocycles. The normalized spacial score (nSPS) is 24.9. The smallest absolute Gasteiger partial charge is 0.282 e. The molecule has 0 unspecified atom stereocenters. The van der Waals surface area contributed by atoms with E-state index >= 15 is 0 Å². The summed E-state index contributed by atoms with van der Waals surface area (Å²) in [5.41, 5.74) is 2.04. The van der Waals surface area contributed by atoms with Gasteiger partial charge >= 0.3 is 0 Å². The highest BCUT2D eigenvalue weighted by atomic mass is 32.2. The van der Waals surface area contributed by atoms with Crippen molar-refractivity contribution in [3.05, 3.63) is 17.0 Å². The topological polar surface area (TPSA) is 95.8 Å². The summed E-state index contributed by atoms with van der Waals surface area (Å²) in [6, 6.07) is -0.310. The van der Waals surface area contributed by atoms with Crippen LogP contribution in [-0.2, 0) is 21.4 Å². The minimum atomic E-state index is -3.61. The molecule has 0 N–H and O–H groups in total. The summed E-state index contributed by atoms with van der Waals surface area (Å²) in [5, 5.41) is 4.97. The van der Waals surface area contributed by atoms with Gasteiger partial charge in [-0.1, -0.05) is 13.8 Å². The van der Waals surface area contributed by atoms with Crippen molar-refractivity contribution in [3.8, 4) is 0 Å². The summed E-state index contributed by atoms with van der Waals surface area (Å²) in [6.45, 7) is 7.57. The molecule has 2 saturated heterocycles. The fourth-order valence-electron chi connectivity index (χ4n) is 5.46. The van der Waals surface area contributed by atoms with Crippen molar-refractivity contribution in [1.82, 2.24) is 23.3 Å². The Labute approximate surface area is 190 Å². The molecule has 1 amide bonds. The number of Topliss-reactive ketones (excluding diaryl/α,β-unsaturated/α-hetero) is 1. The molecule has 9 nitrogen and oxygen atoms in total. The molecule has 0 radical (unpaired) electrons. The molecule has 0 saturated carbocycles. The van der Waals surface area contributed by atoms with Gasteiger partial charge in [0.15, 0.2) is 5.78 Å². The van der Waals surface area contributed by atoms with Crippen molar-refractivity contribution in [3.63, 3.8) is 0 Å². The van der Waals surface area contributed by atoms with Crippen molar-refractivity contribution in [2.75, 3.05) is 33.7 Å². The van der Waals surface area contributed by atoms with Crippen LogP contribution in [0.4, 0.5) is 0 Å². The van der Waals surface area contributed by atoms with E-state index in [9.17, 15) is 18.0 Å². The zero-order valence-corrected chi connectivity index (χ0v) is 20.6. The Hall–Kier alpha value is -1.78. The number of hydrogen-bond acceptors (Lipinski definition) is 5. The summed E-state index contributed by atoms with van der Waals surface area (Å²) >= 11 is 0. The van der Waals surface area contributed by atoms with Gasteiger partial charge in [0.05, 0.1) is 29.0 Å². The highest BCUT2D eigenvalue weighted by molar-refractivity contribution is 7.86. The highest BCUT2D eigenvalue weighted by Gasteiger charge is 2.44. The summed E-state index contributed by atoms with van der Waals surface area (Å²) in [4.78, 5) is 26.9. The molecule has 2 aliphatic heterocycles. The Morgan fingerprint density at radius 2 is 1.75 bits per heavy atom. The second-order valence-corrected chi connectivity index (χ2v) is 12.5. The Balaban J connectivity index is 1.76. The first-order valence-electron chi connectivity index (χ1n) is 11.5. The number of hydrogen-bond donors (Lipinski definition) is 0. The van der Waals surface area contributed by atoms with Crippen molar-refractivity contribution < 1.29 is 18.0 Å². The molecule has 32 heavy (non-hydrogen) atoms. The number of carbonyl (C=O) groups excluding carboxylic acids is 2. The van der Waals surface area contributed by atoms with Crippen LogP contribution in [0.2, 0.25) is 0 Å². The summed E-state index contributed by atoms with van der Waals surface area (Å²) in [6.07, 6.45) is 4.15. The molecule has 1 aromatic heterocycles. The maximum Gasteiger partial charge on any atom is 0.282 e. The number of ketones is 1. The fourth-order valence-corrected chi connectivity index (χ4v) is 6.77. The lowest BCUT2D eigenvalue weighted by atomic mass is 9.75. The Morgan fingerprint density at radius 1 is 1.09 bits per heavy atom. The van der Waals surface area contributed by atoms with Gasteiger partial charge in [-0.25, -0.2) is 0 Å². The van der Waals surface area contributed by atoms with E-state index in [0.717, 1.165) is 31.4 Å². The molecule has 178 valence electrons. The number of aromatic nitrogens is 2. The molecule has 0 spiro atoms. The van der Waals surface area contributed by atoms with Gasteiger partial charge in [-0.05, 0) is 37.5 Å². The molecule has 3 aliphatic rings. The van der Waals surface area contributed by atoms with E-state index < -0.39 is 16.3 Å². The maximum atomic E-state index is 13.3. The van der Waals surface area contributed by atoms with Gasteiger partial charge in [-0.15, -0.1) is 0 Å². The second kappa shape index (κ2) is 8.22. The number of fused-ring (bicyclic) bond motifs is 1.